The van der Waals surface area contributed by atoms with E-state index in [1.165, 1.54) is 11.3 Å². The average Bonchev–Trinajstić information content (AvgIpc) is 3.03. The van der Waals surface area contributed by atoms with E-state index >= 15 is 0 Å². The first-order valence-electron chi connectivity index (χ1n) is 7.20. The van der Waals surface area contributed by atoms with Crippen molar-refractivity contribution in [3.8, 4) is 22.1 Å². The number of hydrogen-bond donors (Lipinski definition) is 2. The summed E-state index contributed by atoms with van der Waals surface area (Å²) < 4.78 is 5.24. The molecule has 0 bridgehead atoms. The Labute approximate surface area is 142 Å². The van der Waals surface area contributed by atoms with E-state index in [1.807, 2.05) is 30.3 Å². The fourth-order valence-electron chi connectivity index (χ4n) is 2.21. The topological polar surface area (TPSA) is 84.3 Å². The molecule has 2 N–H and O–H groups in total. The predicted octanol–water partition coefficient (Wildman–Crippen LogP) is 3.10. The minimum atomic E-state index is -0.196. The van der Waals surface area contributed by atoms with Crippen LogP contribution in [-0.4, -0.2) is 28.3 Å². The Morgan fingerprint density at radius 1 is 1.21 bits per heavy atom. The van der Waals surface area contributed by atoms with Gasteiger partial charge in [0.25, 0.3) is 0 Å². The molecule has 3 rings (SSSR count). The van der Waals surface area contributed by atoms with Crippen molar-refractivity contribution in [1.29, 1.82) is 0 Å². The van der Waals surface area contributed by atoms with Crippen LogP contribution < -0.4 is 10.1 Å². The minimum absolute atomic E-state index is 0.157. The quantitative estimate of drug-likeness (QED) is 0.745. The van der Waals surface area contributed by atoms with Crippen LogP contribution in [0.2, 0.25) is 0 Å². The van der Waals surface area contributed by atoms with Crippen molar-refractivity contribution in [1.82, 2.24) is 10.2 Å². The summed E-state index contributed by atoms with van der Waals surface area (Å²) in [7, 11) is 1.57. The van der Waals surface area contributed by atoms with Crippen LogP contribution in [0.15, 0.2) is 48.5 Å². The van der Waals surface area contributed by atoms with Gasteiger partial charge in [-0.1, -0.05) is 41.7 Å². The summed E-state index contributed by atoms with van der Waals surface area (Å²) in [6, 6.07) is 14.1. The molecule has 0 aliphatic rings. The predicted molar refractivity (Wildman–Crippen MR) is 92.3 cm³/mol. The number of methoxy groups -OCH3 is 1. The Morgan fingerprint density at radius 3 is 2.83 bits per heavy atom. The third-order valence-electron chi connectivity index (χ3n) is 3.31. The second-order valence-electron chi connectivity index (χ2n) is 5.00. The van der Waals surface area contributed by atoms with Crippen molar-refractivity contribution in [3.05, 3.63) is 54.1 Å². The van der Waals surface area contributed by atoms with Gasteiger partial charge in [0.05, 0.1) is 13.5 Å². The first-order chi connectivity index (χ1) is 11.7. The summed E-state index contributed by atoms with van der Waals surface area (Å²) >= 11 is 1.25. The molecular weight excluding hydrogens is 326 g/mol. The van der Waals surface area contributed by atoms with E-state index in [4.69, 9.17) is 4.74 Å². The number of hydrogen-bond acceptors (Lipinski definition) is 6. The highest BCUT2D eigenvalue weighted by molar-refractivity contribution is 7.18. The number of carbonyl (C=O) groups excluding carboxylic acids is 1. The van der Waals surface area contributed by atoms with Crippen LogP contribution in [0.5, 0.6) is 11.5 Å². The van der Waals surface area contributed by atoms with E-state index in [9.17, 15) is 9.90 Å². The number of benzene rings is 2. The van der Waals surface area contributed by atoms with Crippen molar-refractivity contribution < 1.29 is 14.6 Å². The Balaban J connectivity index is 1.69. The number of para-hydroxylation sites is 1. The summed E-state index contributed by atoms with van der Waals surface area (Å²) in [5.41, 5.74) is 1.55. The lowest BCUT2D eigenvalue weighted by atomic mass is 10.1. The maximum atomic E-state index is 12.2. The van der Waals surface area contributed by atoms with Gasteiger partial charge >= 0.3 is 0 Å². The van der Waals surface area contributed by atoms with E-state index in [1.54, 1.807) is 25.3 Å². The van der Waals surface area contributed by atoms with Crippen LogP contribution in [0.3, 0.4) is 0 Å². The number of phenolic OH excluding ortho intramolecular Hbond substituents is 1. The van der Waals surface area contributed by atoms with Crippen molar-refractivity contribution in [2.45, 2.75) is 6.42 Å². The molecule has 0 aliphatic heterocycles. The van der Waals surface area contributed by atoms with Gasteiger partial charge in [0.2, 0.25) is 11.0 Å². The third-order valence-corrected chi connectivity index (χ3v) is 4.20. The first kappa shape index (κ1) is 15.9. The number of phenols is 1. The number of ether oxygens (including phenoxy) is 1. The maximum Gasteiger partial charge on any atom is 0.230 e. The number of aromatic hydroxyl groups is 1. The molecule has 7 heteroatoms. The molecule has 0 saturated carbocycles. The van der Waals surface area contributed by atoms with Crippen LogP contribution in [0.4, 0.5) is 5.13 Å². The zero-order chi connectivity index (χ0) is 16.9. The summed E-state index contributed by atoms with van der Waals surface area (Å²) in [4.78, 5) is 12.2. The van der Waals surface area contributed by atoms with Crippen molar-refractivity contribution in [3.63, 3.8) is 0 Å². The SMILES string of the molecule is COc1ccccc1CC(=O)Nc1nnc(-c2cccc(O)c2)s1. The molecule has 6 nitrogen and oxygen atoms in total. The second-order valence-corrected chi connectivity index (χ2v) is 5.98. The summed E-state index contributed by atoms with van der Waals surface area (Å²) in [6.45, 7) is 0. The van der Waals surface area contributed by atoms with Crippen molar-refractivity contribution in [2.24, 2.45) is 0 Å². The largest absolute Gasteiger partial charge is 0.508 e. The van der Waals surface area contributed by atoms with E-state index < -0.39 is 0 Å². The fraction of sp³-hybridized carbons (Fsp3) is 0.118. The number of anilines is 1. The van der Waals surface area contributed by atoms with Crippen LogP contribution in [0.1, 0.15) is 5.56 Å². The van der Waals surface area contributed by atoms with Crippen molar-refractivity contribution in [2.75, 3.05) is 12.4 Å². The molecule has 1 heterocycles. The van der Waals surface area contributed by atoms with Gasteiger partial charge in [0.15, 0.2) is 0 Å². The molecule has 0 atom stereocenters. The van der Waals surface area contributed by atoms with Gasteiger partial charge in [-0.3, -0.25) is 4.79 Å². The molecule has 0 spiro atoms. The lowest BCUT2D eigenvalue weighted by Gasteiger charge is -2.07. The van der Waals surface area contributed by atoms with Gasteiger partial charge in [-0.15, -0.1) is 10.2 Å². The molecule has 0 unspecified atom stereocenters. The molecule has 122 valence electrons. The van der Waals surface area contributed by atoms with Crippen LogP contribution in [0.25, 0.3) is 10.6 Å². The summed E-state index contributed by atoms with van der Waals surface area (Å²) in [5.74, 6) is 0.632. The number of rotatable bonds is 5. The lowest BCUT2D eigenvalue weighted by molar-refractivity contribution is -0.115. The highest BCUT2D eigenvalue weighted by atomic mass is 32.1. The minimum Gasteiger partial charge on any atom is -0.508 e. The van der Waals surface area contributed by atoms with Gasteiger partial charge in [-0.05, 0) is 18.2 Å². The Bertz CT molecular complexity index is 864. The molecule has 1 aromatic heterocycles. The molecular formula is C17H15N3O3S. The average molecular weight is 341 g/mol. The van der Waals surface area contributed by atoms with Crippen LogP contribution in [-0.2, 0) is 11.2 Å². The number of carbonyl (C=O) groups is 1. The van der Waals surface area contributed by atoms with E-state index in [2.05, 4.69) is 15.5 Å². The van der Waals surface area contributed by atoms with Gasteiger partial charge in [-0.25, -0.2) is 0 Å². The van der Waals surface area contributed by atoms with Gasteiger partial charge in [-0.2, -0.15) is 0 Å². The first-order valence-corrected chi connectivity index (χ1v) is 8.02. The van der Waals surface area contributed by atoms with Gasteiger partial charge < -0.3 is 15.2 Å². The highest BCUT2D eigenvalue weighted by Crippen LogP contribution is 2.28. The highest BCUT2D eigenvalue weighted by Gasteiger charge is 2.12. The number of nitrogens with one attached hydrogen (secondary N) is 1. The molecule has 0 radical (unpaired) electrons. The number of amides is 1. The van der Waals surface area contributed by atoms with E-state index in [-0.39, 0.29) is 18.1 Å². The van der Waals surface area contributed by atoms with Crippen LogP contribution >= 0.6 is 11.3 Å². The molecule has 0 fully saturated rings. The van der Waals surface area contributed by atoms with E-state index in [0.29, 0.717) is 15.9 Å². The third kappa shape index (κ3) is 3.69. The maximum absolute atomic E-state index is 12.2. The summed E-state index contributed by atoms with van der Waals surface area (Å²) in [6.07, 6.45) is 0.186. The molecule has 1 amide bonds. The number of nitrogens with zero attached hydrogens (tertiary/aromatic N) is 2. The standard InChI is InChI=1S/C17H15N3O3S/c1-23-14-8-3-2-5-11(14)10-15(22)18-17-20-19-16(24-17)12-6-4-7-13(21)9-12/h2-9,21H,10H2,1H3,(H,18,20,22). The lowest BCUT2D eigenvalue weighted by Crippen LogP contribution is -2.14. The zero-order valence-electron chi connectivity index (χ0n) is 12.9. The van der Waals surface area contributed by atoms with Crippen molar-refractivity contribution >= 4 is 22.4 Å². The Kier molecular flexibility index (Phi) is 4.72. The Morgan fingerprint density at radius 2 is 2.04 bits per heavy atom. The molecule has 3 aromatic rings. The van der Waals surface area contributed by atoms with Gasteiger partial charge in [0, 0.05) is 11.1 Å². The van der Waals surface area contributed by atoms with E-state index in [0.717, 1.165) is 11.1 Å². The molecule has 24 heavy (non-hydrogen) atoms. The summed E-state index contributed by atoms with van der Waals surface area (Å²) in [5, 5.41) is 21.3. The smallest absolute Gasteiger partial charge is 0.230 e. The molecule has 0 aliphatic carbocycles. The second kappa shape index (κ2) is 7.10. The fourth-order valence-corrected chi connectivity index (χ4v) is 2.97. The van der Waals surface area contributed by atoms with Gasteiger partial charge in [0.1, 0.15) is 16.5 Å². The zero-order valence-corrected chi connectivity index (χ0v) is 13.7. The normalized spacial score (nSPS) is 10.4. The monoisotopic (exact) mass is 341 g/mol. The van der Waals surface area contributed by atoms with Crippen LogP contribution in [0, 0.1) is 0 Å². The number of aromatic nitrogens is 2. The molecule has 0 saturated heterocycles. The Hall–Kier alpha value is -2.93. The molecule has 2 aromatic carbocycles.